The van der Waals surface area contributed by atoms with Crippen molar-refractivity contribution in [2.75, 3.05) is 37.6 Å². The number of halogens is 3. The number of piperazine rings is 1. The maximum Gasteiger partial charge on any atom is 0.415 e. The lowest BCUT2D eigenvalue weighted by atomic mass is 10.2. The van der Waals surface area contributed by atoms with Gasteiger partial charge in [0.25, 0.3) is 5.56 Å². The zero-order chi connectivity index (χ0) is 19.8. The van der Waals surface area contributed by atoms with Crippen LogP contribution in [0, 0.1) is 0 Å². The Morgan fingerprint density at radius 1 is 1.19 bits per heavy atom. The predicted molar refractivity (Wildman–Crippen MR) is 97.1 cm³/mol. The minimum atomic E-state index is -4.59. The molecular formula is C18H23F3N4O2. The van der Waals surface area contributed by atoms with E-state index in [1.54, 1.807) is 15.5 Å². The first kappa shape index (κ1) is 19.6. The highest BCUT2D eigenvalue weighted by Crippen LogP contribution is 2.23. The highest BCUT2D eigenvalue weighted by molar-refractivity contribution is 5.81. The summed E-state index contributed by atoms with van der Waals surface area (Å²) in [6.45, 7) is 5.35. The number of benzene rings is 1. The highest BCUT2D eigenvalue weighted by atomic mass is 19.4. The molecule has 148 valence electrons. The molecule has 0 radical (unpaired) electrons. The van der Waals surface area contributed by atoms with Gasteiger partial charge >= 0.3 is 6.18 Å². The maximum absolute atomic E-state index is 12.5. The van der Waals surface area contributed by atoms with Crippen molar-refractivity contribution in [3.63, 3.8) is 0 Å². The van der Waals surface area contributed by atoms with Gasteiger partial charge < -0.3 is 10.0 Å². The van der Waals surface area contributed by atoms with Gasteiger partial charge in [0.05, 0.1) is 17.2 Å². The predicted octanol–water partition coefficient (Wildman–Crippen LogP) is 2.02. The summed E-state index contributed by atoms with van der Waals surface area (Å²) in [5.41, 5.74) is 1.39. The normalized spacial score (nSPS) is 17.7. The van der Waals surface area contributed by atoms with Crippen LogP contribution in [-0.4, -0.2) is 64.6 Å². The molecule has 9 heteroatoms. The number of β-amino-alcohol motifs (C(OH)–C–C–N with tert-alkyl or cyclic N) is 1. The van der Waals surface area contributed by atoms with Crippen molar-refractivity contribution in [3.05, 3.63) is 34.9 Å². The van der Waals surface area contributed by atoms with Gasteiger partial charge in [-0.15, -0.1) is 0 Å². The van der Waals surface area contributed by atoms with Crippen molar-refractivity contribution in [3.8, 4) is 0 Å². The second-order valence-electron chi connectivity index (χ2n) is 7.10. The van der Waals surface area contributed by atoms with Crippen LogP contribution in [0.4, 0.5) is 18.9 Å². The fraction of sp³-hybridized carbons (Fsp3) is 0.556. The van der Waals surface area contributed by atoms with E-state index in [4.69, 9.17) is 0 Å². The number of anilines is 1. The Hall–Kier alpha value is -2.13. The van der Waals surface area contributed by atoms with Gasteiger partial charge in [-0.25, -0.2) is 4.98 Å². The van der Waals surface area contributed by atoms with E-state index in [2.05, 4.69) is 4.98 Å². The van der Waals surface area contributed by atoms with Gasteiger partial charge in [0.2, 0.25) is 0 Å². The van der Waals surface area contributed by atoms with Crippen LogP contribution in [0.2, 0.25) is 0 Å². The molecule has 1 aliphatic heterocycles. The topological polar surface area (TPSA) is 61.6 Å². The Morgan fingerprint density at radius 2 is 1.85 bits per heavy atom. The fourth-order valence-electron chi connectivity index (χ4n) is 3.22. The SMILES string of the molecule is CC(C)n1cnc2cc(N3CCN(CC(O)C(F)(F)F)CC3)ccc2c1=O. The van der Waals surface area contributed by atoms with Crippen LogP contribution in [-0.2, 0) is 0 Å². The summed E-state index contributed by atoms with van der Waals surface area (Å²) in [6.07, 6.45) is -5.38. The average molecular weight is 384 g/mol. The van der Waals surface area contributed by atoms with Crippen molar-refractivity contribution in [1.29, 1.82) is 0 Å². The zero-order valence-electron chi connectivity index (χ0n) is 15.3. The first-order valence-corrected chi connectivity index (χ1v) is 8.90. The maximum atomic E-state index is 12.5. The number of fused-ring (bicyclic) bond motifs is 1. The largest absolute Gasteiger partial charge is 0.415 e. The number of alkyl halides is 3. The standard InChI is InChI=1S/C18H23F3N4O2/c1-12(2)25-11-22-15-9-13(3-4-14(15)17(25)27)24-7-5-23(6-8-24)10-16(26)18(19,20)21/h3-4,9,11-12,16,26H,5-8,10H2,1-2H3. The van der Waals surface area contributed by atoms with E-state index >= 15 is 0 Å². The van der Waals surface area contributed by atoms with Gasteiger partial charge in [-0.3, -0.25) is 14.3 Å². The molecule has 0 spiro atoms. The zero-order valence-corrected chi connectivity index (χ0v) is 15.3. The Morgan fingerprint density at radius 3 is 2.44 bits per heavy atom. The third-order valence-corrected chi connectivity index (χ3v) is 4.87. The van der Waals surface area contributed by atoms with Crippen LogP contribution < -0.4 is 10.5 Å². The van der Waals surface area contributed by atoms with Gasteiger partial charge in [-0.1, -0.05) is 0 Å². The molecule has 2 heterocycles. The molecule has 0 aliphatic carbocycles. The summed E-state index contributed by atoms with van der Waals surface area (Å²) in [7, 11) is 0. The monoisotopic (exact) mass is 384 g/mol. The number of aliphatic hydroxyl groups is 1. The van der Waals surface area contributed by atoms with E-state index < -0.39 is 18.8 Å². The first-order chi connectivity index (χ1) is 12.7. The minimum Gasteiger partial charge on any atom is -0.382 e. The average Bonchev–Trinajstić information content (AvgIpc) is 2.61. The lowest BCUT2D eigenvalue weighted by Gasteiger charge is -2.37. The van der Waals surface area contributed by atoms with E-state index in [9.17, 15) is 23.1 Å². The summed E-state index contributed by atoms with van der Waals surface area (Å²) in [5.74, 6) is 0. The molecule has 1 aliphatic rings. The third kappa shape index (κ3) is 4.24. The van der Waals surface area contributed by atoms with Crippen LogP contribution in [0.15, 0.2) is 29.3 Å². The molecule has 1 aromatic heterocycles. The van der Waals surface area contributed by atoms with Crippen molar-refractivity contribution < 1.29 is 18.3 Å². The number of nitrogens with zero attached hydrogens (tertiary/aromatic N) is 4. The summed E-state index contributed by atoms with van der Waals surface area (Å²) >= 11 is 0. The number of aliphatic hydroxyl groups excluding tert-OH is 1. The van der Waals surface area contributed by atoms with Gasteiger partial charge in [0, 0.05) is 44.5 Å². The summed E-state index contributed by atoms with van der Waals surface area (Å²) < 4.78 is 39.0. The van der Waals surface area contributed by atoms with E-state index in [1.807, 2.05) is 30.9 Å². The van der Waals surface area contributed by atoms with E-state index in [0.29, 0.717) is 37.1 Å². The molecule has 1 unspecified atom stereocenters. The molecule has 1 aromatic carbocycles. The molecule has 1 saturated heterocycles. The number of hydrogen-bond acceptors (Lipinski definition) is 5. The second kappa shape index (κ2) is 7.47. The molecule has 1 atom stereocenters. The third-order valence-electron chi connectivity index (χ3n) is 4.87. The Bertz CT molecular complexity index is 858. The Kier molecular flexibility index (Phi) is 5.43. The summed E-state index contributed by atoms with van der Waals surface area (Å²) in [6, 6.07) is 5.45. The second-order valence-corrected chi connectivity index (χ2v) is 7.10. The Labute approximate surface area is 154 Å². The van der Waals surface area contributed by atoms with Crippen LogP contribution >= 0.6 is 0 Å². The molecule has 1 N–H and O–H groups in total. The summed E-state index contributed by atoms with van der Waals surface area (Å²) in [5, 5.41) is 9.75. The first-order valence-electron chi connectivity index (χ1n) is 8.90. The van der Waals surface area contributed by atoms with Crippen LogP contribution in [0.3, 0.4) is 0 Å². The van der Waals surface area contributed by atoms with E-state index in [0.717, 1.165) is 5.69 Å². The van der Waals surface area contributed by atoms with E-state index in [1.165, 1.54) is 6.33 Å². The number of hydrogen-bond donors (Lipinski definition) is 1. The molecule has 27 heavy (non-hydrogen) atoms. The van der Waals surface area contributed by atoms with Crippen molar-refractivity contribution in [2.24, 2.45) is 0 Å². The molecule has 2 aromatic rings. The molecule has 0 saturated carbocycles. The number of aromatic nitrogens is 2. The quantitative estimate of drug-likeness (QED) is 0.874. The molecule has 6 nitrogen and oxygen atoms in total. The van der Waals surface area contributed by atoms with Crippen LogP contribution in [0.5, 0.6) is 0 Å². The van der Waals surface area contributed by atoms with Crippen molar-refractivity contribution in [2.45, 2.75) is 32.2 Å². The molecule has 0 bridgehead atoms. The van der Waals surface area contributed by atoms with Gasteiger partial charge in [-0.2, -0.15) is 13.2 Å². The van der Waals surface area contributed by atoms with Crippen LogP contribution in [0.25, 0.3) is 10.9 Å². The lowest BCUT2D eigenvalue weighted by molar-refractivity contribution is -0.208. The lowest BCUT2D eigenvalue weighted by Crippen LogP contribution is -2.50. The van der Waals surface area contributed by atoms with Crippen molar-refractivity contribution in [1.82, 2.24) is 14.5 Å². The minimum absolute atomic E-state index is 0.0224. The van der Waals surface area contributed by atoms with Gasteiger partial charge in [-0.05, 0) is 32.0 Å². The molecule has 3 rings (SSSR count). The van der Waals surface area contributed by atoms with Crippen molar-refractivity contribution >= 4 is 16.6 Å². The molecule has 1 fully saturated rings. The summed E-state index contributed by atoms with van der Waals surface area (Å²) in [4.78, 5) is 20.5. The molecule has 0 amide bonds. The van der Waals surface area contributed by atoms with Gasteiger partial charge in [0.1, 0.15) is 0 Å². The highest BCUT2D eigenvalue weighted by Gasteiger charge is 2.39. The van der Waals surface area contributed by atoms with Gasteiger partial charge in [0.15, 0.2) is 6.10 Å². The molecular weight excluding hydrogens is 361 g/mol. The smallest absolute Gasteiger partial charge is 0.382 e. The number of rotatable bonds is 4. The van der Waals surface area contributed by atoms with E-state index in [-0.39, 0.29) is 11.6 Å². The fourth-order valence-corrected chi connectivity index (χ4v) is 3.22. The Balaban J connectivity index is 1.70. The van der Waals surface area contributed by atoms with Crippen LogP contribution in [0.1, 0.15) is 19.9 Å².